The van der Waals surface area contributed by atoms with Gasteiger partial charge in [0.1, 0.15) is 12.4 Å². The highest BCUT2D eigenvalue weighted by atomic mass is 35.5. The lowest BCUT2D eigenvalue weighted by Crippen LogP contribution is -2.12. The molecule has 0 aliphatic rings. The van der Waals surface area contributed by atoms with Crippen LogP contribution in [0.15, 0.2) is 36.4 Å². The van der Waals surface area contributed by atoms with Gasteiger partial charge in [0.15, 0.2) is 0 Å². The van der Waals surface area contributed by atoms with Crippen LogP contribution in [-0.4, -0.2) is 5.91 Å². The summed E-state index contributed by atoms with van der Waals surface area (Å²) in [5.41, 5.74) is 3.95. The SMILES string of the molecule is CCC(=O)Nc1ccccc1COc1cc(C)c(C)cc1Cl. The van der Waals surface area contributed by atoms with Gasteiger partial charge in [-0.05, 0) is 43.2 Å². The van der Waals surface area contributed by atoms with Gasteiger partial charge >= 0.3 is 0 Å². The van der Waals surface area contributed by atoms with E-state index in [1.165, 1.54) is 0 Å². The maximum absolute atomic E-state index is 11.6. The molecule has 2 aromatic carbocycles. The molecule has 0 aliphatic heterocycles. The third kappa shape index (κ3) is 4.01. The number of hydrogen-bond donors (Lipinski definition) is 1. The number of halogens is 1. The van der Waals surface area contributed by atoms with Gasteiger partial charge in [0.2, 0.25) is 5.91 Å². The number of rotatable bonds is 5. The summed E-state index contributed by atoms with van der Waals surface area (Å²) in [4.78, 5) is 11.6. The Morgan fingerprint density at radius 2 is 1.86 bits per heavy atom. The standard InChI is InChI=1S/C18H20ClNO2/c1-4-18(21)20-16-8-6-5-7-14(16)11-22-17-10-13(3)12(2)9-15(17)19/h5-10H,4,11H2,1-3H3,(H,20,21). The monoisotopic (exact) mass is 317 g/mol. The van der Waals surface area contributed by atoms with E-state index in [0.717, 1.165) is 22.4 Å². The number of benzene rings is 2. The van der Waals surface area contributed by atoms with Crippen molar-refractivity contribution in [3.8, 4) is 5.75 Å². The van der Waals surface area contributed by atoms with Crippen molar-refractivity contribution in [1.29, 1.82) is 0 Å². The molecule has 0 unspecified atom stereocenters. The fourth-order valence-electron chi connectivity index (χ4n) is 2.03. The zero-order valence-electron chi connectivity index (χ0n) is 13.1. The van der Waals surface area contributed by atoms with E-state index in [9.17, 15) is 4.79 Å². The summed E-state index contributed by atoms with van der Waals surface area (Å²) in [6, 6.07) is 11.4. The molecule has 0 aromatic heterocycles. The number of ether oxygens (including phenoxy) is 1. The first kappa shape index (κ1) is 16.4. The first-order valence-corrected chi connectivity index (χ1v) is 7.66. The molecule has 0 radical (unpaired) electrons. The molecule has 0 saturated heterocycles. The van der Waals surface area contributed by atoms with Crippen molar-refractivity contribution in [2.45, 2.75) is 33.8 Å². The minimum atomic E-state index is -0.0170. The van der Waals surface area contributed by atoms with Crippen LogP contribution in [0.25, 0.3) is 0 Å². The highest BCUT2D eigenvalue weighted by molar-refractivity contribution is 6.32. The van der Waals surface area contributed by atoms with Crippen molar-refractivity contribution in [3.05, 3.63) is 58.1 Å². The lowest BCUT2D eigenvalue weighted by molar-refractivity contribution is -0.115. The number of nitrogens with one attached hydrogen (secondary N) is 1. The lowest BCUT2D eigenvalue weighted by Gasteiger charge is -2.14. The Kier molecular flexibility index (Phi) is 5.45. The molecule has 4 heteroatoms. The largest absolute Gasteiger partial charge is 0.487 e. The number of carbonyl (C=O) groups is 1. The Labute approximate surface area is 136 Å². The molecular weight excluding hydrogens is 298 g/mol. The number of hydrogen-bond acceptors (Lipinski definition) is 2. The second kappa shape index (κ2) is 7.32. The zero-order chi connectivity index (χ0) is 16.1. The van der Waals surface area contributed by atoms with Crippen LogP contribution in [0, 0.1) is 13.8 Å². The molecule has 0 saturated carbocycles. The second-order valence-electron chi connectivity index (χ2n) is 5.21. The average Bonchev–Trinajstić information content (AvgIpc) is 2.50. The molecular formula is C18H20ClNO2. The Bertz CT molecular complexity index is 683. The number of para-hydroxylation sites is 1. The van der Waals surface area contributed by atoms with Crippen LogP contribution >= 0.6 is 11.6 Å². The van der Waals surface area contributed by atoms with E-state index in [2.05, 4.69) is 5.32 Å². The van der Waals surface area contributed by atoms with Gasteiger partial charge in [-0.25, -0.2) is 0 Å². The molecule has 0 heterocycles. The summed E-state index contributed by atoms with van der Waals surface area (Å²) in [6.07, 6.45) is 0.443. The van der Waals surface area contributed by atoms with Crippen molar-refractivity contribution in [2.24, 2.45) is 0 Å². The molecule has 0 spiro atoms. The van der Waals surface area contributed by atoms with Gasteiger partial charge in [-0.3, -0.25) is 4.79 Å². The van der Waals surface area contributed by atoms with Gasteiger partial charge < -0.3 is 10.1 Å². The lowest BCUT2D eigenvalue weighted by atomic mass is 10.1. The van der Waals surface area contributed by atoms with E-state index in [1.807, 2.05) is 57.2 Å². The van der Waals surface area contributed by atoms with E-state index in [4.69, 9.17) is 16.3 Å². The van der Waals surface area contributed by atoms with Crippen LogP contribution in [0.1, 0.15) is 30.0 Å². The van der Waals surface area contributed by atoms with Gasteiger partial charge in [0.05, 0.1) is 5.02 Å². The predicted molar refractivity (Wildman–Crippen MR) is 90.6 cm³/mol. The number of anilines is 1. The molecule has 0 aliphatic carbocycles. The minimum Gasteiger partial charge on any atom is -0.487 e. The molecule has 0 fully saturated rings. The van der Waals surface area contributed by atoms with Gasteiger partial charge in [-0.2, -0.15) is 0 Å². The maximum Gasteiger partial charge on any atom is 0.224 e. The van der Waals surface area contributed by atoms with Crippen LogP contribution in [0.4, 0.5) is 5.69 Å². The van der Waals surface area contributed by atoms with E-state index in [-0.39, 0.29) is 5.91 Å². The van der Waals surface area contributed by atoms with Gasteiger partial charge in [-0.15, -0.1) is 0 Å². The Hall–Kier alpha value is -2.00. The van der Waals surface area contributed by atoms with Gasteiger partial charge in [-0.1, -0.05) is 36.7 Å². The second-order valence-corrected chi connectivity index (χ2v) is 5.62. The first-order chi connectivity index (χ1) is 10.5. The summed E-state index contributed by atoms with van der Waals surface area (Å²) < 4.78 is 5.83. The Balaban J connectivity index is 2.15. The van der Waals surface area contributed by atoms with E-state index >= 15 is 0 Å². The average molecular weight is 318 g/mol. The van der Waals surface area contributed by atoms with Crippen LogP contribution in [0.5, 0.6) is 5.75 Å². The molecule has 0 atom stereocenters. The molecule has 22 heavy (non-hydrogen) atoms. The Morgan fingerprint density at radius 1 is 1.18 bits per heavy atom. The molecule has 116 valence electrons. The van der Waals surface area contributed by atoms with Crippen LogP contribution in [-0.2, 0) is 11.4 Å². The molecule has 2 rings (SSSR count). The van der Waals surface area contributed by atoms with Crippen LogP contribution in [0.3, 0.4) is 0 Å². The van der Waals surface area contributed by atoms with Crippen LogP contribution in [0.2, 0.25) is 5.02 Å². The minimum absolute atomic E-state index is 0.0170. The Morgan fingerprint density at radius 3 is 2.59 bits per heavy atom. The molecule has 2 aromatic rings. The highest BCUT2D eigenvalue weighted by Gasteiger charge is 2.08. The van der Waals surface area contributed by atoms with Crippen molar-refractivity contribution < 1.29 is 9.53 Å². The normalized spacial score (nSPS) is 10.4. The van der Waals surface area contributed by atoms with Gasteiger partial charge in [0.25, 0.3) is 0 Å². The predicted octanol–water partition coefficient (Wildman–Crippen LogP) is 4.88. The smallest absolute Gasteiger partial charge is 0.224 e. The van der Waals surface area contributed by atoms with Crippen molar-refractivity contribution in [3.63, 3.8) is 0 Å². The molecule has 3 nitrogen and oxygen atoms in total. The number of aryl methyl sites for hydroxylation is 2. The number of amides is 1. The molecule has 1 N–H and O–H groups in total. The summed E-state index contributed by atoms with van der Waals surface area (Å²) in [7, 11) is 0. The zero-order valence-corrected chi connectivity index (χ0v) is 13.8. The molecule has 0 bridgehead atoms. The third-order valence-corrected chi connectivity index (χ3v) is 3.84. The van der Waals surface area contributed by atoms with Crippen molar-refractivity contribution in [2.75, 3.05) is 5.32 Å². The van der Waals surface area contributed by atoms with Crippen molar-refractivity contribution in [1.82, 2.24) is 0 Å². The topological polar surface area (TPSA) is 38.3 Å². The van der Waals surface area contributed by atoms with E-state index < -0.39 is 0 Å². The van der Waals surface area contributed by atoms with E-state index in [1.54, 1.807) is 0 Å². The fourth-order valence-corrected chi connectivity index (χ4v) is 2.30. The summed E-state index contributed by atoms with van der Waals surface area (Å²) in [6.45, 7) is 6.21. The summed E-state index contributed by atoms with van der Waals surface area (Å²) >= 11 is 6.22. The molecule has 1 amide bonds. The highest BCUT2D eigenvalue weighted by Crippen LogP contribution is 2.29. The van der Waals surface area contributed by atoms with Crippen molar-refractivity contribution >= 4 is 23.2 Å². The fraction of sp³-hybridized carbons (Fsp3) is 0.278. The quantitative estimate of drug-likeness (QED) is 0.853. The number of carbonyl (C=O) groups excluding carboxylic acids is 1. The summed E-state index contributed by atoms with van der Waals surface area (Å²) in [5, 5.41) is 3.48. The van der Waals surface area contributed by atoms with Gasteiger partial charge in [0, 0.05) is 17.7 Å². The first-order valence-electron chi connectivity index (χ1n) is 7.28. The van der Waals surface area contributed by atoms with E-state index in [0.29, 0.717) is 23.8 Å². The maximum atomic E-state index is 11.6. The van der Waals surface area contributed by atoms with Crippen LogP contribution < -0.4 is 10.1 Å². The third-order valence-electron chi connectivity index (χ3n) is 3.54. The summed E-state index contributed by atoms with van der Waals surface area (Å²) in [5.74, 6) is 0.637.